The third-order valence-electron chi connectivity index (χ3n) is 3.30. The van der Waals surface area contributed by atoms with Gasteiger partial charge in [-0.3, -0.25) is 4.79 Å². The highest BCUT2D eigenvalue weighted by atomic mass is 19.1. The highest BCUT2D eigenvalue weighted by molar-refractivity contribution is 5.95. The molecule has 2 rings (SSSR count). The molecule has 0 saturated heterocycles. The number of anilines is 1. The number of rotatable bonds is 4. The quantitative estimate of drug-likeness (QED) is 0.862. The molecule has 1 atom stereocenters. The van der Waals surface area contributed by atoms with Crippen LogP contribution in [0.4, 0.5) is 10.2 Å². The van der Waals surface area contributed by atoms with E-state index in [9.17, 15) is 9.18 Å². The molecule has 0 aliphatic heterocycles. The summed E-state index contributed by atoms with van der Waals surface area (Å²) in [6.07, 6.45) is 2.37. The molecule has 1 aliphatic carbocycles. The van der Waals surface area contributed by atoms with E-state index in [0.29, 0.717) is 6.54 Å². The van der Waals surface area contributed by atoms with E-state index in [0.717, 1.165) is 6.42 Å². The van der Waals surface area contributed by atoms with Gasteiger partial charge in [-0.2, -0.15) is 0 Å². The first-order valence-electron chi connectivity index (χ1n) is 6.15. The molecule has 2 N–H and O–H groups in total. The minimum absolute atomic E-state index is 0.0450. The molecule has 1 aromatic rings. The molecular formula is C13H18FN3O. The van der Waals surface area contributed by atoms with E-state index in [1.807, 2.05) is 6.92 Å². The van der Waals surface area contributed by atoms with Gasteiger partial charge in [-0.05, 0) is 24.8 Å². The molecule has 0 radical (unpaired) electrons. The van der Waals surface area contributed by atoms with Crippen LogP contribution in [0.3, 0.4) is 0 Å². The van der Waals surface area contributed by atoms with Crippen LogP contribution in [-0.4, -0.2) is 23.5 Å². The van der Waals surface area contributed by atoms with Crippen LogP contribution in [0.25, 0.3) is 0 Å². The van der Waals surface area contributed by atoms with Crippen molar-refractivity contribution in [2.75, 3.05) is 11.9 Å². The second kappa shape index (κ2) is 4.55. The van der Waals surface area contributed by atoms with Gasteiger partial charge < -0.3 is 10.6 Å². The van der Waals surface area contributed by atoms with Gasteiger partial charge in [0.25, 0.3) is 5.91 Å². The molecule has 1 unspecified atom stereocenters. The van der Waals surface area contributed by atoms with Crippen molar-refractivity contribution in [3.63, 3.8) is 0 Å². The molecule has 18 heavy (non-hydrogen) atoms. The number of aromatic nitrogens is 1. The van der Waals surface area contributed by atoms with Crippen LogP contribution in [0.2, 0.25) is 0 Å². The summed E-state index contributed by atoms with van der Waals surface area (Å²) in [5, 5.41) is 5.63. The van der Waals surface area contributed by atoms with Crippen molar-refractivity contribution >= 4 is 11.7 Å². The molecule has 1 heterocycles. The Bertz CT molecular complexity index is 473. The van der Waals surface area contributed by atoms with E-state index in [4.69, 9.17) is 0 Å². The van der Waals surface area contributed by atoms with Crippen molar-refractivity contribution in [1.29, 1.82) is 0 Å². The molecule has 1 saturated carbocycles. The topological polar surface area (TPSA) is 54.0 Å². The van der Waals surface area contributed by atoms with Crippen molar-refractivity contribution in [3.8, 4) is 0 Å². The first kappa shape index (κ1) is 12.8. The van der Waals surface area contributed by atoms with Crippen LogP contribution in [-0.2, 0) is 0 Å². The zero-order valence-corrected chi connectivity index (χ0v) is 10.9. The van der Waals surface area contributed by atoms with Crippen molar-refractivity contribution in [1.82, 2.24) is 10.3 Å². The number of hydrogen-bond acceptors (Lipinski definition) is 3. The molecule has 0 aromatic carbocycles. The fraction of sp³-hybridized carbons (Fsp3) is 0.538. The second-order valence-corrected chi connectivity index (χ2v) is 5.27. The van der Waals surface area contributed by atoms with E-state index in [2.05, 4.69) is 29.5 Å². The lowest BCUT2D eigenvalue weighted by molar-refractivity contribution is 0.0942. The van der Waals surface area contributed by atoms with E-state index in [-0.39, 0.29) is 28.7 Å². The minimum Gasteiger partial charge on any atom is -0.368 e. The van der Waals surface area contributed by atoms with Crippen LogP contribution in [0.15, 0.2) is 12.3 Å². The Morgan fingerprint density at radius 2 is 2.28 bits per heavy atom. The lowest BCUT2D eigenvalue weighted by Crippen LogP contribution is -2.29. The Labute approximate surface area is 106 Å². The smallest absolute Gasteiger partial charge is 0.254 e. The Balaban J connectivity index is 2.13. The molecule has 4 nitrogen and oxygen atoms in total. The third kappa shape index (κ3) is 2.44. The van der Waals surface area contributed by atoms with Crippen molar-refractivity contribution < 1.29 is 9.18 Å². The summed E-state index contributed by atoms with van der Waals surface area (Å²) >= 11 is 0. The van der Waals surface area contributed by atoms with Gasteiger partial charge in [0.05, 0.1) is 5.56 Å². The van der Waals surface area contributed by atoms with Gasteiger partial charge in [0.15, 0.2) is 11.6 Å². The van der Waals surface area contributed by atoms with E-state index < -0.39 is 5.82 Å². The third-order valence-corrected chi connectivity index (χ3v) is 3.30. The first-order valence-corrected chi connectivity index (χ1v) is 6.15. The summed E-state index contributed by atoms with van der Waals surface area (Å²) in [6, 6.07) is 1.54. The van der Waals surface area contributed by atoms with Crippen LogP contribution in [0.1, 0.15) is 37.6 Å². The summed E-state index contributed by atoms with van der Waals surface area (Å²) in [6.45, 7) is 6.56. The summed E-state index contributed by atoms with van der Waals surface area (Å²) in [4.78, 5) is 15.8. The Kier molecular flexibility index (Phi) is 3.24. The first-order chi connectivity index (χ1) is 8.45. The number of carbonyl (C=O) groups excluding carboxylic acids is 1. The molecule has 0 spiro atoms. The SMILES string of the molecule is CCNc1nccc(C(=O)NC2CC2(C)C)c1F. The van der Waals surface area contributed by atoms with Crippen LogP contribution < -0.4 is 10.6 Å². The molecule has 98 valence electrons. The average molecular weight is 251 g/mol. The zero-order chi connectivity index (χ0) is 13.3. The predicted molar refractivity (Wildman–Crippen MR) is 68.0 cm³/mol. The number of amides is 1. The number of nitrogens with zero attached hydrogens (tertiary/aromatic N) is 1. The minimum atomic E-state index is -0.588. The molecule has 1 aliphatic rings. The van der Waals surface area contributed by atoms with Gasteiger partial charge in [0.1, 0.15) is 0 Å². The number of nitrogens with one attached hydrogen (secondary N) is 2. The van der Waals surface area contributed by atoms with E-state index >= 15 is 0 Å². The monoisotopic (exact) mass is 251 g/mol. The number of hydrogen-bond donors (Lipinski definition) is 2. The van der Waals surface area contributed by atoms with Crippen molar-refractivity contribution in [2.24, 2.45) is 5.41 Å². The Hall–Kier alpha value is -1.65. The molecule has 1 aromatic heterocycles. The van der Waals surface area contributed by atoms with E-state index in [1.54, 1.807) is 0 Å². The van der Waals surface area contributed by atoms with Crippen LogP contribution >= 0.6 is 0 Å². The standard InChI is InChI=1S/C13H18FN3O/c1-4-15-11-10(14)8(5-6-16-11)12(18)17-9-7-13(9,2)3/h5-6,9H,4,7H2,1-3H3,(H,15,16)(H,17,18). The molecule has 5 heteroatoms. The maximum atomic E-state index is 14.0. The summed E-state index contributed by atoms with van der Waals surface area (Å²) in [5.74, 6) is -0.833. The summed E-state index contributed by atoms with van der Waals surface area (Å²) < 4.78 is 14.0. The van der Waals surface area contributed by atoms with Gasteiger partial charge in [0, 0.05) is 18.8 Å². The van der Waals surface area contributed by atoms with E-state index in [1.165, 1.54) is 12.3 Å². The zero-order valence-electron chi connectivity index (χ0n) is 10.9. The van der Waals surface area contributed by atoms with Gasteiger partial charge in [-0.25, -0.2) is 9.37 Å². The Morgan fingerprint density at radius 1 is 1.61 bits per heavy atom. The molecule has 0 bridgehead atoms. The van der Waals surface area contributed by atoms with Gasteiger partial charge in [-0.1, -0.05) is 13.8 Å². The molecular weight excluding hydrogens is 233 g/mol. The van der Waals surface area contributed by atoms with Gasteiger partial charge >= 0.3 is 0 Å². The molecule has 1 amide bonds. The maximum absolute atomic E-state index is 14.0. The fourth-order valence-electron chi connectivity index (χ4n) is 1.86. The number of carbonyl (C=O) groups is 1. The van der Waals surface area contributed by atoms with Crippen LogP contribution in [0.5, 0.6) is 0 Å². The van der Waals surface area contributed by atoms with Crippen molar-refractivity contribution in [3.05, 3.63) is 23.6 Å². The number of pyridine rings is 1. The lowest BCUT2D eigenvalue weighted by atomic mass is 10.2. The van der Waals surface area contributed by atoms with Gasteiger partial charge in [-0.15, -0.1) is 0 Å². The lowest BCUT2D eigenvalue weighted by Gasteiger charge is -2.10. The van der Waals surface area contributed by atoms with Gasteiger partial charge in [0.2, 0.25) is 0 Å². The molecule has 1 fully saturated rings. The Morgan fingerprint density at radius 3 is 2.83 bits per heavy atom. The predicted octanol–water partition coefficient (Wildman–Crippen LogP) is 2.18. The average Bonchev–Trinajstić information content (AvgIpc) is 2.89. The van der Waals surface area contributed by atoms with Crippen LogP contribution in [0, 0.1) is 11.2 Å². The summed E-state index contributed by atoms with van der Waals surface area (Å²) in [7, 11) is 0. The number of halogens is 1. The second-order valence-electron chi connectivity index (χ2n) is 5.27. The largest absolute Gasteiger partial charge is 0.368 e. The normalized spacial score (nSPS) is 20.3. The fourth-order valence-corrected chi connectivity index (χ4v) is 1.86. The highest BCUT2D eigenvalue weighted by Crippen LogP contribution is 2.44. The van der Waals surface area contributed by atoms with Crippen molar-refractivity contribution in [2.45, 2.75) is 33.2 Å². The summed E-state index contributed by atoms with van der Waals surface area (Å²) in [5.41, 5.74) is 0.174. The maximum Gasteiger partial charge on any atom is 0.254 e. The highest BCUT2D eigenvalue weighted by Gasteiger charge is 2.46.